The van der Waals surface area contributed by atoms with E-state index in [9.17, 15) is 8.42 Å². The second kappa shape index (κ2) is 5.35. The number of rotatable bonds is 5. The van der Waals surface area contributed by atoms with Gasteiger partial charge in [-0.05, 0) is 45.2 Å². The summed E-state index contributed by atoms with van der Waals surface area (Å²) in [7, 11) is -1.34. The molecule has 1 aromatic rings. The number of hydrogen-bond donors (Lipinski definition) is 0. The predicted molar refractivity (Wildman–Crippen MR) is 81.8 cm³/mol. The molecule has 20 heavy (non-hydrogen) atoms. The second-order valence-corrected chi connectivity index (χ2v) is 9.27. The molecule has 0 amide bonds. The van der Waals surface area contributed by atoms with Crippen LogP contribution in [0.15, 0.2) is 23.4 Å². The molecule has 0 saturated heterocycles. The van der Waals surface area contributed by atoms with Gasteiger partial charge in [0.05, 0.1) is 16.6 Å². The summed E-state index contributed by atoms with van der Waals surface area (Å²) in [5, 5.41) is 0.157. The molecule has 0 spiro atoms. The first-order valence-electron chi connectivity index (χ1n) is 7.13. The van der Waals surface area contributed by atoms with Gasteiger partial charge in [-0.2, -0.15) is 0 Å². The van der Waals surface area contributed by atoms with Crippen molar-refractivity contribution in [3.63, 3.8) is 0 Å². The van der Waals surface area contributed by atoms with Crippen molar-refractivity contribution in [2.45, 2.75) is 49.8 Å². The Bertz CT molecular complexity index is 555. The fraction of sp³-hybridized carbons (Fsp3) is 0.667. The zero-order valence-corrected chi connectivity index (χ0v) is 13.6. The zero-order valence-electron chi connectivity index (χ0n) is 12.8. The molecule has 0 aromatic carbocycles. The molecule has 1 aliphatic rings. The monoisotopic (exact) mass is 296 g/mol. The van der Waals surface area contributed by atoms with Crippen molar-refractivity contribution < 1.29 is 8.42 Å². The van der Waals surface area contributed by atoms with Crippen molar-refractivity contribution in [3.05, 3.63) is 18.3 Å². The average molecular weight is 296 g/mol. The normalized spacial score (nSPS) is 16.2. The highest BCUT2D eigenvalue weighted by Gasteiger charge is 2.32. The minimum absolute atomic E-state index is 0.157. The molecule has 1 fully saturated rings. The highest BCUT2D eigenvalue weighted by molar-refractivity contribution is 7.92. The highest BCUT2D eigenvalue weighted by Crippen LogP contribution is 2.32. The van der Waals surface area contributed by atoms with Crippen LogP contribution in [0, 0.1) is 5.92 Å². The maximum absolute atomic E-state index is 12.3. The summed E-state index contributed by atoms with van der Waals surface area (Å²) in [5.74, 6) is 0.894. The molecule has 1 aliphatic carbocycles. The van der Waals surface area contributed by atoms with Gasteiger partial charge in [-0.1, -0.05) is 12.8 Å². The van der Waals surface area contributed by atoms with E-state index in [1.807, 2.05) is 13.1 Å². The number of pyridine rings is 1. The minimum Gasteiger partial charge on any atom is -0.373 e. The van der Waals surface area contributed by atoms with E-state index in [0.717, 1.165) is 18.2 Å². The van der Waals surface area contributed by atoms with E-state index in [-0.39, 0.29) is 5.03 Å². The van der Waals surface area contributed by atoms with Gasteiger partial charge in [-0.3, -0.25) is 0 Å². The van der Waals surface area contributed by atoms with Gasteiger partial charge in [0.1, 0.15) is 0 Å². The summed E-state index contributed by atoms with van der Waals surface area (Å²) in [6.45, 7) is 6.08. The van der Waals surface area contributed by atoms with E-state index < -0.39 is 14.6 Å². The maximum Gasteiger partial charge on any atom is 0.200 e. The van der Waals surface area contributed by atoms with Crippen LogP contribution in [-0.2, 0) is 9.84 Å². The maximum atomic E-state index is 12.3. The second-order valence-electron chi connectivity index (χ2n) is 6.62. The van der Waals surface area contributed by atoms with E-state index in [2.05, 4.69) is 9.88 Å². The third-order valence-corrected chi connectivity index (χ3v) is 6.22. The van der Waals surface area contributed by atoms with E-state index in [1.165, 1.54) is 19.3 Å². The molecule has 5 heteroatoms. The fourth-order valence-electron chi connectivity index (χ4n) is 1.98. The number of sulfone groups is 1. The van der Waals surface area contributed by atoms with Crippen LogP contribution in [0.4, 0.5) is 5.69 Å². The van der Waals surface area contributed by atoms with Gasteiger partial charge >= 0.3 is 0 Å². The lowest BCUT2D eigenvalue weighted by Crippen LogP contribution is -2.28. The molecule has 0 atom stereocenters. The van der Waals surface area contributed by atoms with Crippen molar-refractivity contribution in [3.8, 4) is 0 Å². The average Bonchev–Trinajstić information content (AvgIpc) is 3.19. The van der Waals surface area contributed by atoms with E-state index in [1.54, 1.807) is 33.0 Å². The van der Waals surface area contributed by atoms with Gasteiger partial charge in [-0.25, -0.2) is 13.4 Å². The van der Waals surface area contributed by atoms with Crippen molar-refractivity contribution in [2.75, 3.05) is 18.5 Å². The van der Waals surface area contributed by atoms with Crippen LogP contribution >= 0.6 is 0 Å². The zero-order chi connectivity index (χ0) is 15.0. The van der Waals surface area contributed by atoms with Gasteiger partial charge in [-0.15, -0.1) is 0 Å². The highest BCUT2D eigenvalue weighted by atomic mass is 32.2. The molecular formula is C15H24N2O2S. The smallest absolute Gasteiger partial charge is 0.200 e. The molecule has 1 aromatic heterocycles. The number of aromatic nitrogens is 1. The lowest BCUT2D eigenvalue weighted by molar-refractivity contribution is 0.556. The Balaban J connectivity index is 2.09. The van der Waals surface area contributed by atoms with Gasteiger partial charge in [0.25, 0.3) is 0 Å². The lowest BCUT2D eigenvalue weighted by Gasteiger charge is -2.21. The molecule has 0 radical (unpaired) electrons. The molecule has 0 N–H and O–H groups in total. The largest absolute Gasteiger partial charge is 0.373 e. The fourth-order valence-corrected chi connectivity index (χ4v) is 3.05. The van der Waals surface area contributed by atoms with Crippen LogP contribution in [0.2, 0.25) is 0 Å². The molecule has 1 saturated carbocycles. The summed E-state index contributed by atoms with van der Waals surface area (Å²) >= 11 is 0. The van der Waals surface area contributed by atoms with Crippen LogP contribution in [0.5, 0.6) is 0 Å². The number of nitrogens with zero attached hydrogens (tertiary/aromatic N) is 2. The molecule has 0 bridgehead atoms. The van der Waals surface area contributed by atoms with E-state index >= 15 is 0 Å². The lowest BCUT2D eigenvalue weighted by atomic mass is 10.2. The Morgan fingerprint density at radius 2 is 1.95 bits per heavy atom. The van der Waals surface area contributed by atoms with Crippen LogP contribution in [-0.4, -0.2) is 31.7 Å². The molecule has 0 aliphatic heterocycles. The summed E-state index contributed by atoms with van der Waals surface area (Å²) < 4.78 is 23.7. The minimum atomic E-state index is -3.36. The van der Waals surface area contributed by atoms with Gasteiger partial charge in [0.2, 0.25) is 0 Å². The van der Waals surface area contributed by atoms with Crippen LogP contribution in [0.25, 0.3) is 0 Å². The molecule has 1 heterocycles. The van der Waals surface area contributed by atoms with Crippen LogP contribution in [0.1, 0.15) is 40.0 Å². The molecule has 2 rings (SSSR count). The first kappa shape index (κ1) is 15.3. The summed E-state index contributed by atoms with van der Waals surface area (Å²) in [6, 6.07) is 3.46. The first-order chi connectivity index (χ1) is 9.22. The first-order valence-corrected chi connectivity index (χ1v) is 8.62. The Hall–Kier alpha value is -1.10. The van der Waals surface area contributed by atoms with Crippen molar-refractivity contribution in [2.24, 2.45) is 5.92 Å². The van der Waals surface area contributed by atoms with Crippen LogP contribution in [0.3, 0.4) is 0 Å². The summed E-state index contributed by atoms with van der Waals surface area (Å²) in [6.07, 6.45) is 5.58. The third-order valence-electron chi connectivity index (χ3n) is 3.81. The molecular weight excluding hydrogens is 272 g/mol. The number of anilines is 1. The van der Waals surface area contributed by atoms with Crippen molar-refractivity contribution in [1.29, 1.82) is 0 Å². The predicted octanol–water partition coefficient (Wildman–Crippen LogP) is 2.89. The van der Waals surface area contributed by atoms with Gasteiger partial charge in [0, 0.05) is 13.6 Å². The Labute approximate surface area is 122 Å². The third kappa shape index (κ3) is 3.32. The van der Waals surface area contributed by atoms with Gasteiger partial charge < -0.3 is 4.90 Å². The molecule has 0 unspecified atom stereocenters. The topological polar surface area (TPSA) is 50.3 Å². The van der Waals surface area contributed by atoms with Crippen LogP contribution < -0.4 is 4.90 Å². The standard InChI is InChI=1S/C15H24N2O2S/c1-15(2,3)20(18,19)14-8-7-13(11-16-14)17(4)10-9-12-5-6-12/h7-8,11-12H,5-6,9-10H2,1-4H3. The summed E-state index contributed by atoms with van der Waals surface area (Å²) in [5.41, 5.74) is 0.971. The van der Waals surface area contributed by atoms with E-state index in [0.29, 0.717) is 0 Å². The van der Waals surface area contributed by atoms with Crippen molar-refractivity contribution >= 4 is 15.5 Å². The summed E-state index contributed by atoms with van der Waals surface area (Å²) in [4.78, 5) is 6.29. The Kier molecular flexibility index (Phi) is 4.09. The van der Waals surface area contributed by atoms with Crippen molar-refractivity contribution in [1.82, 2.24) is 4.98 Å². The Morgan fingerprint density at radius 1 is 1.30 bits per heavy atom. The molecule has 4 nitrogen and oxygen atoms in total. The molecule has 112 valence electrons. The van der Waals surface area contributed by atoms with Gasteiger partial charge in [0.15, 0.2) is 14.9 Å². The SMILES string of the molecule is CN(CCC1CC1)c1ccc(S(=O)(=O)C(C)(C)C)nc1. The number of hydrogen-bond acceptors (Lipinski definition) is 4. The Morgan fingerprint density at radius 3 is 2.40 bits per heavy atom. The quantitative estimate of drug-likeness (QED) is 0.838. The van der Waals surface area contributed by atoms with E-state index in [4.69, 9.17) is 0 Å².